The van der Waals surface area contributed by atoms with Gasteiger partial charge in [0, 0.05) is 50.4 Å². The Labute approximate surface area is 152 Å². The van der Waals surface area contributed by atoms with Crippen LogP contribution in [0.25, 0.3) is 0 Å². The van der Waals surface area contributed by atoms with Gasteiger partial charge in [0.2, 0.25) is 5.91 Å². The monoisotopic (exact) mass is 346 g/mol. The number of carbonyl (C=O) groups is 1. The zero-order valence-corrected chi connectivity index (χ0v) is 16.0. The molecule has 1 amide bonds. The topological polar surface area (TPSA) is 41.4 Å². The van der Waals surface area contributed by atoms with Crippen molar-refractivity contribution in [3.05, 3.63) is 17.5 Å². The minimum Gasteiger partial charge on any atom is -0.343 e. The Morgan fingerprint density at radius 3 is 2.80 bits per heavy atom. The molecule has 3 rings (SSSR count). The molecule has 25 heavy (non-hydrogen) atoms. The van der Waals surface area contributed by atoms with Crippen molar-refractivity contribution in [3.8, 4) is 0 Å². The lowest BCUT2D eigenvalue weighted by molar-refractivity contribution is -0.130. The van der Waals surface area contributed by atoms with Crippen molar-refractivity contribution in [1.29, 1.82) is 0 Å². The van der Waals surface area contributed by atoms with Crippen LogP contribution in [0, 0.1) is 12.8 Å². The molecule has 5 heteroatoms. The third-order valence-corrected chi connectivity index (χ3v) is 5.86. The van der Waals surface area contributed by atoms with Crippen molar-refractivity contribution < 1.29 is 4.79 Å². The van der Waals surface area contributed by atoms with Crippen LogP contribution < -0.4 is 0 Å². The third-order valence-electron chi connectivity index (χ3n) is 5.86. The van der Waals surface area contributed by atoms with Crippen LogP contribution in [0.5, 0.6) is 0 Å². The number of likely N-dealkylation sites (tertiary alicyclic amines) is 2. The van der Waals surface area contributed by atoms with Gasteiger partial charge in [-0.25, -0.2) is 0 Å². The second-order valence-electron chi connectivity index (χ2n) is 7.85. The maximum Gasteiger partial charge on any atom is 0.222 e. The summed E-state index contributed by atoms with van der Waals surface area (Å²) in [5.41, 5.74) is 2.68. The van der Waals surface area contributed by atoms with Crippen molar-refractivity contribution in [2.45, 2.75) is 71.9 Å². The highest BCUT2D eigenvalue weighted by Crippen LogP contribution is 2.24. The number of piperidine rings is 1. The molecule has 5 nitrogen and oxygen atoms in total. The van der Waals surface area contributed by atoms with E-state index in [4.69, 9.17) is 0 Å². The van der Waals surface area contributed by atoms with Gasteiger partial charge in [-0.2, -0.15) is 5.10 Å². The van der Waals surface area contributed by atoms with Gasteiger partial charge in [-0.1, -0.05) is 6.92 Å². The first-order valence-electron chi connectivity index (χ1n) is 10.2. The number of rotatable bonds is 7. The van der Waals surface area contributed by atoms with Crippen LogP contribution in [0.2, 0.25) is 0 Å². The molecule has 2 fully saturated rings. The van der Waals surface area contributed by atoms with Crippen molar-refractivity contribution in [2.75, 3.05) is 26.2 Å². The van der Waals surface area contributed by atoms with E-state index in [1.165, 1.54) is 43.5 Å². The van der Waals surface area contributed by atoms with Gasteiger partial charge in [0.15, 0.2) is 0 Å². The van der Waals surface area contributed by atoms with E-state index in [2.05, 4.69) is 33.4 Å². The fraction of sp³-hybridized carbons (Fsp3) is 0.800. The van der Waals surface area contributed by atoms with Gasteiger partial charge in [0.05, 0.1) is 6.20 Å². The molecule has 1 aromatic rings. The quantitative estimate of drug-likeness (QED) is 0.761. The Morgan fingerprint density at radius 2 is 2.04 bits per heavy atom. The predicted molar refractivity (Wildman–Crippen MR) is 100 cm³/mol. The average molecular weight is 347 g/mol. The fourth-order valence-electron chi connectivity index (χ4n) is 4.30. The van der Waals surface area contributed by atoms with E-state index in [-0.39, 0.29) is 0 Å². The number of carbonyl (C=O) groups excluding carboxylic acids is 1. The Bertz CT molecular complexity index is 562. The van der Waals surface area contributed by atoms with E-state index in [1.807, 2.05) is 6.20 Å². The third kappa shape index (κ3) is 4.84. The van der Waals surface area contributed by atoms with E-state index >= 15 is 0 Å². The lowest BCUT2D eigenvalue weighted by Crippen LogP contribution is -2.36. The van der Waals surface area contributed by atoms with E-state index in [1.54, 1.807) is 0 Å². The van der Waals surface area contributed by atoms with Crippen LogP contribution >= 0.6 is 0 Å². The van der Waals surface area contributed by atoms with E-state index in [0.29, 0.717) is 11.8 Å². The van der Waals surface area contributed by atoms with Crippen molar-refractivity contribution >= 4 is 5.91 Å². The second-order valence-corrected chi connectivity index (χ2v) is 7.85. The molecular formula is C20H34N4O. The van der Waals surface area contributed by atoms with E-state index in [0.717, 1.165) is 52.0 Å². The minimum atomic E-state index is 0.381. The molecule has 1 atom stereocenters. The molecule has 140 valence electrons. The summed E-state index contributed by atoms with van der Waals surface area (Å²) in [6.07, 6.45) is 9.88. The molecule has 0 N–H and O–H groups in total. The summed E-state index contributed by atoms with van der Waals surface area (Å²) in [4.78, 5) is 16.9. The first-order chi connectivity index (χ1) is 12.2. The van der Waals surface area contributed by atoms with Gasteiger partial charge in [-0.15, -0.1) is 0 Å². The molecule has 0 radical (unpaired) electrons. The maximum absolute atomic E-state index is 12.3. The molecule has 1 unspecified atom stereocenters. The van der Waals surface area contributed by atoms with Crippen LogP contribution in [-0.4, -0.2) is 51.7 Å². The highest BCUT2D eigenvalue weighted by atomic mass is 16.2. The van der Waals surface area contributed by atoms with Gasteiger partial charge in [-0.05, 0) is 57.9 Å². The molecule has 2 aliphatic heterocycles. The molecule has 0 bridgehead atoms. The SMILES string of the molecule is CCCn1ncc(CN2CCCC(CCC(=O)N3CCCC3)C2)c1C. The zero-order chi connectivity index (χ0) is 17.6. The smallest absolute Gasteiger partial charge is 0.222 e. The summed E-state index contributed by atoms with van der Waals surface area (Å²) < 4.78 is 2.13. The Balaban J connectivity index is 1.47. The number of amides is 1. The van der Waals surface area contributed by atoms with Gasteiger partial charge in [0.25, 0.3) is 0 Å². The molecular weight excluding hydrogens is 312 g/mol. The number of nitrogens with zero attached hydrogens (tertiary/aromatic N) is 4. The summed E-state index contributed by atoms with van der Waals surface area (Å²) >= 11 is 0. The lowest BCUT2D eigenvalue weighted by atomic mass is 9.93. The van der Waals surface area contributed by atoms with Gasteiger partial charge < -0.3 is 4.90 Å². The first-order valence-corrected chi connectivity index (χ1v) is 10.2. The van der Waals surface area contributed by atoms with Crippen molar-refractivity contribution in [1.82, 2.24) is 19.6 Å². The highest BCUT2D eigenvalue weighted by molar-refractivity contribution is 5.76. The average Bonchev–Trinajstić information content (AvgIpc) is 3.26. The molecule has 0 saturated carbocycles. The summed E-state index contributed by atoms with van der Waals surface area (Å²) in [6, 6.07) is 0. The number of hydrogen-bond acceptors (Lipinski definition) is 3. The summed E-state index contributed by atoms with van der Waals surface area (Å²) in [6.45, 7) is 10.7. The molecule has 0 aromatic carbocycles. The van der Waals surface area contributed by atoms with Crippen LogP contribution in [0.3, 0.4) is 0 Å². The zero-order valence-electron chi connectivity index (χ0n) is 16.0. The van der Waals surface area contributed by atoms with Gasteiger partial charge in [0.1, 0.15) is 0 Å². The Kier molecular flexibility index (Phi) is 6.51. The van der Waals surface area contributed by atoms with Crippen molar-refractivity contribution in [2.24, 2.45) is 5.92 Å². The fourth-order valence-corrected chi connectivity index (χ4v) is 4.30. The normalized spacial score (nSPS) is 21.8. The number of aromatic nitrogens is 2. The van der Waals surface area contributed by atoms with Gasteiger partial charge >= 0.3 is 0 Å². The van der Waals surface area contributed by atoms with E-state index in [9.17, 15) is 4.79 Å². The molecule has 0 spiro atoms. The largest absolute Gasteiger partial charge is 0.343 e. The standard InChI is InChI=1S/C20H34N4O/c1-3-10-24-17(2)19(14-21-24)16-22-11-6-7-18(15-22)8-9-20(25)23-12-4-5-13-23/h14,18H,3-13,15-16H2,1-2H3. The van der Waals surface area contributed by atoms with Gasteiger partial charge in [-0.3, -0.25) is 14.4 Å². The molecule has 2 aliphatic rings. The predicted octanol–water partition coefficient (Wildman–Crippen LogP) is 3.22. The summed E-state index contributed by atoms with van der Waals surface area (Å²) in [5.74, 6) is 1.05. The minimum absolute atomic E-state index is 0.381. The summed E-state index contributed by atoms with van der Waals surface area (Å²) in [7, 11) is 0. The maximum atomic E-state index is 12.3. The first kappa shape index (κ1) is 18.4. The van der Waals surface area contributed by atoms with Crippen LogP contribution in [0.4, 0.5) is 0 Å². The van der Waals surface area contributed by atoms with Crippen LogP contribution in [0.1, 0.15) is 63.1 Å². The number of hydrogen-bond donors (Lipinski definition) is 0. The van der Waals surface area contributed by atoms with E-state index < -0.39 is 0 Å². The molecule has 1 aromatic heterocycles. The van der Waals surface area contributed by atoms with Crippen molar-refractivity contribution in [3.63, 3.8) is 0 Å². The molecule has 0 aliphatic carbocycles. The number of aryl methyl sites for hydroxylation is 1. The Morgan fingerprint density at radius 1 is 1.24 bits per heavy atom. The molecule has 2 saturated heterocycles. The Hall–Kier alpha value is -1.36. The molecule has 3 heterocycles. The summed E-state index contributed by atoms with van der Waals surface area (Å²) in [5, 5.41) is 4.53. The second kappa shape index (κ2) is 8.84. The lowest BCUT2D eigenvalue weighted by Gasteiger charge is -2.32. The highest BCUT2D eigenvalue weighted by Gasteiger charge is 2.23. The van der Waals surface area contributed by atoms with Crippen LogP contribution in [0.15, 0.2) is 6.20 Å². The van der Waals surface area contributed by atoms with Crippen LogP contribution in [-0.2, 0) is 17.9 Å².